The van der Waals surface area contributed by atoms with Crippen molar-refractivity contribution < 1.29 is 14.3 Å². The number of hydrogen-bond acceptors (Lipinski definition) is 3. The highest BCUT2D eigenvalue weighted by molar-refractivity contribution is 5.87. The van der Waals surface area contributed by atoms with Crippen LogP contribution in [-0.2, 0) is 14.3 Å². The van der Waals surface area contributed by atoms with Crippen LogP contribution < -0.4 is 0 Å². The summed E-state index contributed by atoms with van der Waals surface area (Å²) < 4.78 is 5.20. The predicted molar refractivity (Wildman–Crippen MR) is 85.2 cm³/mol. The molecule has 3 heteroatoms. The molecule has 0 bridgehead atoms. The summed E-state index contributed by atoms with van der Waals surface area (Å²) >= 11 is 0. The van der Waals surface area contributed by atoms with Gasteiger partial charge in [0.25, 0.3) is 0 Å². The molecule has 0 aromatic rings. The standard InChI is InChI=1S/C19H28O3/c1-17(2)13-8-12-19(16(21)22-4)10-6-5-7-14(19)18(13,3)11-9-15(17)20/h7,13H,5-6,8-12H2,1-4H3/t13-,18-,19-/m0/s1. The molecule has 0 spiro atoms. The van der Waals surface area contributed by atoms with E-state index in [1.165, 1.54) is 12.7 Å². The number of carbonyl (C=O) groups is 2. The van der Waals surface area contributed by atoms with E-state index in [-0.39, 0.29) is 16.8 Å². The molecule has 0 aromatic carbocycles. The van der Waals surface area contributed by atoms with Crippen LogP contribution in [0, 0.1) is 22.2 Å². The SMILES string of the molecule is COC(=O)[C@]12CCCC=C1[C@@]1(C)CCC(=O)C(C)(C)[C@@H]1CC2. The van der Waals surface area contributed by atoms with E-state index >= 15 is 0 Å². The maximum atomic E-state index is 12.6. The maximum Gasteiger partial charge on any atom is 0.315 e. The van der Waals surface area contributed by atoms with Crippen LogP contribution >= 0.6 is 0 Å². The molecule has 0 unspecified atom stereocenters. The molecule has 122 valence electrons. The van der Waals surface area contributed by atoms with Crippen molar-refractivity contribution >= 4 is 11.8 Å². The Balaban J connectivity index is 2.10. The Morgan fingerprint density at radius 1 is 1.23 bits per heavy atom. The Bertz CT molecular complexity index is 545. The minimum absolute atomic E-state index is 0.0374. The highest BCUT2D eigenvalue weighted by atomic mass is 16.5. The number of carbonyl (C=O) groups excluding carboxylic acids is 2. The Labute approximate surface area is 133 Å². The van der Waals surface area contributed by atoms with Gasteiger partial charge in [0.1, 0.15) is 5.78 Å². The lowest BCUT2D eigenvalue weighted by Gasteiger charge is -2.59. The topological polar surface area (TPSA) is 43.4 Å². The van der Waals surface area contributed by atoms with Gasteiger partial charge in [-0.2, -0.15) is 0 Å². The van der Waals surface area contributed by atoms with Crippen LogP contribution in [0.5, 0.6) is 0 Å². The first-order valence-electron chi connectivity index (χ1n) is 8.62. The molecule has 3 atom stereocenters. The molecule has 0 heterocycles. The number of rotatable bonds is 1. The molecule has 3 aliphatic carbocycles. The lowest BCUT2D eigenvalue weighted by Crippen LogP contribution is -2.56. The lowest BCUT2D eigenvalue weighted by molar-refractivity contribution is -0.159. The van der Waals surface area contributed by atoms with Gasteiger partial charge in [-0.1, -0.05) is 32.4 Å². The van der Waals surface area contributed by atoms with Gasteiger partial charge >= 0.3 is 5.97 Å². The maximum absolute atomic E-state index is 12.6. The third kappa shape index (κ3) is 1.87. The molecular weight excluding hydrogens is 276 g/mol. The monoisotopic (exact) mass is 304 g/mol. The predicted octanol–water partition coefficient (Wildman–Crippen LogP) is 4.06. The summed E-state index contributed by atoms with van der Waals surface area (Å²) in [5.74, 6) is 0.660. The first-order chi connectivity index (χ1) is 10.3. The van der Waals surface area contributed by atoms with Crippen molar-refractivity contribution in [3.63, 3.8) is 0 Å². The van der Waals surface area contributed by atoms with Gasteiger partial charge in [-0.15, -0.1) is 0 Å². The molecule has 0 aromatic heterocycles. The van der Waals surface area contributed by atoms with Crippen molar-refractivity contribution in [1.29, 1.82) is 0 Å². The van der Waals surface area contributed by atoms with Gasteiger partial charge in [0, 0.05) is 11.8 Å². The zero-order valence-electron chi connectivity index (χ0n) is 14.3. The van der Waals surface area contributed by atoms with Crippen molar-refractivity contribution in [2.75, 3.05) is 7.11 Å². The number of ketones is 1. The van der Waals surface area contributed by atoms with Gasteiger partial charge < -0.3 is 4.74 Å². The second-order valence-corrected chi connectivity index (χ2v) is 8.24. The number of hydrogen-bond donors (Lipinski definition) is 0. The molecule has 0 aliphatic heterocycles. The molecule has 0 radical (unpaired) electrons. The van der Waals surface area contributed by atoms with Crippen LogP contribution in [-0.4, -0.2) is 18.9 Å². The van der Waals surface area contributed by atoms with E-state index in [2.05, 4.69) is 26.8 Å². The third-order valence-electron chi connectivity index (χ3n) is 6.95. The van der Waals surface area contributed by atoms with E-state index in [9.17, 15) is 9.59 Å². The molecule has 2 saturated carbocycles. The molecule has 22 heavy (non-hydrogen) atoms. The highest BCUT2D eigenvalue weighted by Gasteiger charge is 2.61. The fraction of sp³-hybridized carbons (Fsp3) is 0.789. The molecule has 0 N–H and O–H groups in total. The number of allylic oxidation sites excluding steroid dienone is 1. The van der Waals surface area contributed by atoms with Gasteiger partial charge in [-0.05, 0) is 49.9 Å². The Morgan fingerprint density at radius 3 is 2.64 bits per heavy atom. The molecule has 0 saturated heterocycles. The third-order valence-corrected chi connectivity index (χ3v) is 6.95. The quantitative estimate of drug-likeness (QED) is 0.542. The number of ether oxygens (including phenoxy) is 1. The van der Waals surface area contributed by atoms with Gasteiger partial charge in [0.2, 0.25) is 0 Å². The summed E-state index contributed by atoms with van der Waals surface area (Å²) in [6.45, 7) is 6.50. The molecule has 3 nitrogen and oxygen atoms in total. The van der Waals surface area contributed by atoms with E-state index in [0.29, 0.717) is 18.1 Å². The van der Waals surface area contributed by atoms with Crippen molar-refractivity contribution in [3.8, 4) is 0 Å². The first kappa shape index (κ1) is 15.8. The normalized spacial score (nSPS) is 40.3. The Morgan fingerprint density at radius 2 is 1.95 bits per heavy atom. The zero-order valence-corrected chi connectivity index (χ0v) is 14.3. The van der Waals surface area contributed by atoms with Gasteiger partial charge in [-0.25, -0.2) is 0 Å². The highest BCUT2D eigenvalue weighted by Crippen LogP contribution is 2.65. The number of methoxy groups -OCH3 is 1. The summed E-state index contributed by atoms with van der Waals surface area (Å²) in [4.78, 5) is 25.1. The van der Waals surface area contributed by atoms with Gasteiger partial charge in [-0.3, -0.25) is 9.59 Å². The summed E-state index contributed by atoms with van der Waals surface area (Å²) in [5, 5.41) is 0. The van der Waals surface area contributed by atoms with Crippen LogP contribution in [0.1, 0.15) is 65.7 Å². The van der Waals surface area contributed by atoms with Crippen molar-refractivity contribution in [1.82, 2.24) is 0 Å². The minimum Gasteiger partial charge on any atom is -0.468 e. The second-order valence-electron chi connectivity index (χ2n) is 8.24. The van der Waals surface area contributed by atoms with E-state index in [1.807, 2.05) is 0 Å². The Kier molecular flexibility index (Phi) is 3.54. The molecule has 3 aliphatic rings. The number of fused-ring (bicyclic) bond motifs is 3. The largest absolute Gasteiger partial charge is 0.468 e. The number of esters is 1. The Hall–Kier alpha value is -1.12. The van der Waals surface area contributed by atoms with E-state index in [1.54, 1.807) is 0 Å². The van der Waals surface area contributed by atoms with Crippen molar-refractivity contribution in [2.45, 2.75) is 65.7 Å². The van der Waals surface area contributed by atoms with Crippen LogP contribution in [0.25, 0.3) is 0 Å². The summed E-state index contributed by atoms with van der Waals surface area (Å²) in [5.41, 5.74) is 0.543. The first-order valence-corrected chi connectivity index (χ1v) is 8.62. The van der Waals surface area contributed by atoms with Crippen LogP contribution in [0.4, 0.5) is 0 Å². The zero-order chi connectivity index (χ0) is 16.2. The van der Waals surface area contributed by atoms with E-state index in [4.69, 9.17) is 4.74 Å². The van der Waals surface area contributed by atoms with Crippen LogP contribution in [0.3, 0.4) is 0 Å². The lowest BCUT2D eigenvalue weighted by atomic mass is 9.43. The summed E-state index contributed by atoms with van der Waals surface area (Å²) in [6.07, 6.45) is 8.61. The van der Waals surface area contributed by atoms with Gasteiger partial charge in [0.05, 0.1) is 12.5 Å². The smallest absolute Gasteiger partial charge is 0.315 e. The molecular formula is C19H28O3. The summed E-state index contributed by atoms with van der Waals surface area (Å²) in [6, 6.07) is 0. The van der Waals surface area contributed by atoms with E-state index in [0.717, 1.165) is 38.5 Å². The summed E-state index contributed by atoms with van der Waals surface area (Å²) in [7, 11) is 1.51. The van der Waals surface area contributed by atoms with Crippen LogP contribution in [0.2, 0.25) is 0 Å². The average molecular weight is 304 g/mol. The van der Waals surface area contributed by atoms with Crippen molar-refractivity contribution in [3.05, 3.63) is 11.6 Å². The average Bonchev–Trinajstić information content (AvgIpc) is 2.50. The fourth-order valence-corrected chi connectivity index (χ4v) is 5.78. The van der Waals surface area contributed by atoms with Gasteiger partial charge in [0.15, 0.2) is 0 Å². The second kappa shape index (κ2) is 4.94. The number of Topliss-reactive ketones (excluding diaryl/α,β-unsaturated/α-hetero) is 1. The molecule has 2 fully saturated rings. The fourth-order valence-electron chi connectivity index (χ4n) is 5.78. The molecule has 3 rings (SSSR count). The van der Waals surface area contributed by atoms with Crippen LogP contribution in [0.15, 0.2) is 11.6 Å². The minimum atomic E-state index is -0.422. The van der Waals surface area contributed by atoms with E-state index < -0.39 is 5.41 Å². The molecule has 0 amide bonds. The van der Waals surface area contributed by atoms with Crippen molar-refractivity contribution in [2.24, 2.45) is 22.2 Å².